The Morgan fingerprint density at radius 2 is 1.77 bits per heavy atom. The van der Waals surface area contributed by atoms with Crippen LogP contribution < -0.4 is 4.90 Å². The Labute approximate surface area is 126 Å². The first-order chi connectivity index (χ1) is 10.6. The number of Topliss-reactive ketones (excluding diaryl/α,β-unsaturated/α-hetero) is 1. The summed E-state index contributed by atoms with van der Waals surface area (Å²) in [6, 6.07) is 13.8. The lowest BCUT2D eigenvalue weighted by Gasteiger charge is -2.16. The summed E-state index contributed by atoms with van der Waals surface area (Å²) in [6.07, 6.45) is 0.625. The third-order valence-corrected chi connectivity index (χ3v) is 3.69. The van der Waals surface area contributed by atoms with E-state index in [1.165, 1.54) is 23.1 Å². The van der Waals surface area contributed by atoms with Crippen molar-refractivity contribution in [2.45, 2.75) is 6.42 Å². The van der Waals surface area contributed by atoms with Gasteiger partial charge in [0.05, 0.1) is 16.8 Å². The van der Waals surface area contributed by atoms with E-state index in [1.54, 1.807) is 0 Å². The van der Waals surface area contributed by atoms with Gasteiger partial charge < -0.3 is 10.0 Å². The number of nitrogens with zero attached hydrogens (tertiary/aromatic N) is 1. The van der Waals surface area contributed by atoms with E-state index in [1.807, 2.05) is 30.3 Å². The molecule has 0 atom stereocenters. The van der Waals surface area contributed by atoms with Crippen molar-refractivity contribution in [3.8, 4) is 0 Å². The Bertz CT molecular complexity index is 767. The number of rotatable bonds is 4. The van der Waals surface area contributed by atoms with Crippen LogP contribution in [0.4, 0.5) is 5.69 Å². The number of fused-ring (bicyclic) bond motifs is 1. The van der Waals surface area contributed by atoms with Gasteiger partial charge in [-0.25, -0.2) is 4.79 Å². The van der Waals surface area contributed by atoms with Gasteiger partial charge in [-0.2, -0.15) is 0 Å². The first-order valence-electron chi connectivity index (χ1n) is 6.85. The van der Waals surface area contributed by atoms with Gasteiger partial charge in [0.15, 0.2) is 0 Å². The van der Waals surface area contributed by atoms with E-state index < -0.39 is 17.7 Å². The van der Waals surface area contributed by atoms with Crippen LogP contribution >= 0.6 is 0 Å². The molecule has 2 aromatic rings. The first-order valence-corrected chi connectivity index (χ1v) is 6.85. The quantitative estimate of drug-likeness (QED) is 0.877. The molecule has 0 bridgehead atoms. The molecule has 3 rings (SSSR count). The molecule has 0 saturated carbocycles. The van der Waals surface area contributed by atoms with Crippen LogP contribution in [0.2, 0.25) is 0 Å². The van der Waals surface area contributed by atoms with E-state index in [9.17, 15) is 14.4 Å². The second-order valence-corrected chi connectivity index (χ2v) is 5.06. The Morgan fingerprint density at radius 1 is 1.05 bits per heavy atom. The predicted molar refractivity (Wildman–Crippen MR) is 80.2 cm³/mol. The SMILES string of the molecule is O=C(O)c1ccc2c(c1)C(=O)C(=O)N2CCc1ccccc1. The number of carbonyl (C=O) groups excluding carboxylic acids is 2. The maximum atomic E-state index is 12.1. The minimum Gasteiger partial charge on any atom is -0.478 e. The number of carbonyl (C=O) groups is 3. The van der Waals surface area contributed by atoms with E-state index in [2.05, 4.69) is 0 Å². The number of aromatic carboxylic acids is 1. The van der Waals surface area contributed by atoms with Gasteiger partial charge in [-0.3, -0.25) is 9.59 Å². The number of carboxylic acids is 1. The van der Waals surface area contributed by atoms with Crippen molar-refractivity contribution in [3.63, 3.8) is 0 Å². The minimum atomic E-state index is -1.12. The highest BCUT2D eigenvalue weighted by atomic mass is 16.4. The molecular weight excluding hydrogens is 282 g/mol. The van der Waals surface area contributed by atoms with Crippen molar-refractivity contribution < 1.29 is 19.5 Å². The molecule has 0 aliphatic carbocycles. The van der Waals surface area contributed by atoms with Crippen LogP contribution in [-0.2, 0) is 11.2 Å². The molecule has 1 heterocycles. The summed E-state index contributed by atoms with van der Waals surface area (Å²) in [4.78, 5) is 36.5. The Kier molecular flexibility index (Phi) is 3.47. The third-order valence-electron chi connectivity index (χ3n) is 3.69. The zero-order valence-electron chi connectivity index (χ0n) is 11.7. The lowest BCUT2D eigenvalue weighted by Crippen LogP contribution is -2.31. The molecule has 22 heavy (non-hydrogen) atoms. The van der Waals surface area contributed by atoms with Crippen molar-refractivity contribution >= 4 is 23.3 Å². The molecule has 0 saturated heterocycles. The van der Waals surface area contributed by atoms with Crippen molar-refractivity contribution in [1.29, 1.82) is 0 Å². The fourth-order valence-corrected chi connectivity index (χ4v) is 2.54. The maximum Gasteiger partial charge on any atom is 0.335 e. The number of anilines is 1. The second-order valence-electron chi connectivity index (χ2n) is 5.06. The van der Waals surface area contributed by atoms with Crippen molar-refractivity contribution in [3.05, 3.63) is 65.2 Å². The van der Waals surface area contributed by atoms with Crippen LogP contribution in [0.15, 0.2) is 48.5 Å². The summed E-state index contributed by atoms with van der Waals surface area (Å²) in [7, 11) is 0. The number of hydrogen-bond donors (Lipinski definition) is 1. The third kappa shape index (κ3) is 2.37. The molecule has 110 valence electrons. The minimum absolute atomic E-state index is 0.00445. The van der Waals surface area contributed by atoms with Crippen LogP contribution in [-0.4, -0.2) is 29.3 Å². The molecule has 0 unspecified atom stereocenters. The van der Waals surface area contributed by atoms with Crippen LogP contribution in [0.25, 0.3) is 0 Å². The highest BCUT2D eigenvalue weighted by Gasteiger charge is 2.35. The molecule has 0 radical (unpaired) electrons. The molecule has 0 spiro atoms. The molecule has 0 fully saturated rings. The number of amides is 1. The van der Waals surface area contributed by atoms with Gasteiger partial charge in [-0.1, -0.05) is 30.3 Å². The van der Waals surface area contributed by atoms with E-state index >= 15 is 0 Å². The first kappa shape index (κ1) is 14.0. The fourth-order valence-electron chi connectivity index (χ4n) is 2.54. The summed E-state index contributed by atoms with van der Waals surface area (Å²) in [5.74, 6) is -2.37. The number of benzene rings is 2. The summed E-state index contributed by atoms with van der Waals surface area (Å²) >= 11 is 0. The fraction of sp³-hybridized carbons (Fsp3) is 0.118. The average molecular weight is 295 g/mol. The van der Waals surface area contributed by atoms with Crippen LogP contribution in [0.1, 0.15) is 26.3 Å². The standard InChI is InChI=1S/C17H13NO4/c19-15-13-10-12(17(21)22)6-7-14(13)18(16(15)20)9-8-11-4-2-1-3-5-11/h1-7,10H,8-9H2,(H,21,22). The van der Waals surface area contributed by atoms with Gasteiger partial charge in [0.1, 0.15) is 0 Å². The van der Waals surface area contributed by atoms with Gasteiger partial charge in [-0.15, -0.1) is 0 Å². The highest BCUT2D eigenvalue weighted by Crippen LogP contribution is 2.30. The zero-order chi connectivity index (χ0) is 15.7. The lowest BCUT2D eigenvalue weighted by atomic mass is 10.1. The summed E-state index contributed by atoms with van der Waals surface area (Å²) in [5.41, 5.74) is 1.72. The van der Waals surface area contributed by atoms with E-state index in [0.29, 0.717) is 18.7 Å². The van der Waals surface area contributed by atoms with E-state index in [-0.39, 0.29) is 11.1 Å². The van der Waals surface area contributed by atoms with Crippen molar-refractivity contribution in [2.24, 2.45) is 0 Å². The largest absolute Gasteiger partial charge is 0.478 e. The van der Waals surface area contributed by atoms with Gasteiger partial charge in [0, 0.05) is 6.54 Å². The summed E-state index contributed by atoms with van der Waals surface area (Å²) in [5, 5.41) is 8.98. The van der Waals surface area contributed by atoms with Crippen molar-refractivity contribution in [1.82, 2.24) is 0 Å². The normalized spacial score (nSPS) is 13.4. The molecule has 1 N–H and O–H groups in total. The molecule has 1 aliphatic heterocycles. The monoisotopic (exact) mass is 295 g/mol. The number of carboxylic acid groups (broad SMARTS) is 1. The van der Waals surface area contributed by atoms with Crippen LogP contribution in [0.3, 0.4) is 0 Å². The Morgan fingerprint density at radius 3 is 2.45 bits per heavy atom. The lowest BCUT2D eigenvalue weighted by molar-refractivity contribution is -0.114. The van der Waals surface area contributed by atoms with Gasteiger partial charge in [-0.05, 0) is 30.2 Å². The van der Waals surface area contributed by atoms with Gasteiger partial charge >= 0.3 is 5.97 Å². The molecule has 5 nitrogen and oxygen atoms in total. The molecule has 2 aromatic carbocycles. The number of ketones is 1. The Balaban J connectivity index is 1.87. The molecule has 0 aromatic heterocycles. The molecule has 1 amide bonds. The van der Waals surface area contributed by atoms with Gasteiger partial charge in [0.2, 0.25) is 0 Å². The van der Waals surface area contributed by atoms with Crippen LogP contribution in [0.5, 0.6) is 0 Å². The zero-order valence-corrected chi connectivity index (χ0v) is 11.7. The Hall–Kier alpha value is -2.95. The second kappa shape index (κ2) is 5.44. The summed E-state index contributed by atoms with van der Waals surface area (Å²) in [6.45, 7) is 0.383. The topological polar surface area (TPSA) is 74.7 Å². The molecule has 5 heteroatoms. The molecule has 1 aliphatic rings. The van der Waals surface area contributed by atoms with E-state index in [4.69, 9.17) is 5.11 Å². The van der Waals surface area contributed by atoms with Gasteiger partial charge in [0.25, 0.3) is 11.7 Å². The smallest absolute Gasteiger partial charge is 0.335 e. The highest BCUT2D eigenvalue weighted by molar-refractivity contribution is 6.52. The van der Waals surface area contributed by atoms with Crippen molar-refractivity contribution in [2.75, 3.05) is 11.4 Å². The summed E-state index contributed by atoms with van der Waals surface area (Å²) < 4.78 is 0. The van der Waals surface area contributed by atoms with E-state index in [0.717, 1.165) is 5.56 Å². The molecular formula is C17H13NO4. The predicted octanol–water partition coefficient (Wildman–Crippen LogP) is 2.16. The number of hydrogen-bond acceptors (Lipinski definition) is 3. The average Bonchev–Trinajstić information content (AvgIpc) is 2.77. The van der Waals surface area contributed by atoms with Crippen LogP contribution in [0, 0.1) is 0 Å². The maximum absolute atomic E-state index is 12.1.